The zero-order chi connectivity index (χ0) is 18.2. The number of halogens is 1. The zero-order valence-corrected chi connectivity index (χ0v) is 15.2. The van der Waals surface area contributed by atoms with Gasteiger partial charge in [0.05, 0.1) is 10.7 Å². The molecule has 0 heterocycles. The Bertz CT molecular complexity index is 728. The van der Waals surface area contributed by atoms with Crippen molar-refractivity contribution >= 4 is 29.2 Å². The van der Waals surface area contributed by atoms with Gasteiger partial charge in [0, 0.05) is 6.42 Å². The van der Waals surface area contributed by atoms with Crippen LogP contribution in [0.1, 0.15) is 31.4 Å². The molecule has 2 aromatic rings. The van der Waals surface area contributed by atoms with Gasteiger partial charge in [0.2, 0.25) is 0 Å². The summed E-state index contributed by atoms with van der Waals surface area (Å²) < 4.78 is 5.20. The highest BCUT2D eigenvalue weighted by Crippen LogP contribution is 2.20. The Labute approximate surface area is 153 Å². The topological polar surface area (TPSA) is 55.4 Å². The van der Waals surface area contributed by atoms with Crippen LogP contribution in [0.2, 0.25) is 5.02 Å². The summed E-state index contributed by atoms with van der Waals surface area (Å²) in [5.41, 5.74) is 2.83. The number of para-hydroxylation sites is 1. The molecule has 1 amide bonds. The average molecular weight is 360 g/mol. The molecule has 2 rings (SSSR count). The average Bonchev–Trinajstić information content (AvgIpc) is 2.62. The highest BCUT2D eigenvalue weighted by atomic mass is 35.5. The maximum absolute atomic E-state index is 12.1. The number of aryl methyl sites for hydroxylation is 2. The minimum atomic E-state index is -0.883. The number of carbonyl (C=O) groups excluding carboxylic acids is 2. The number of anilines is 1. The van der Waals surface area contributed by atoms with Crippen molar-refractivity contribution in [3.05, 3.63) is 64.7 Å². The first-order chi connectivity index (χ1) is 12.0. The molecule has 0 spiro atoms. The monoisotopic (exact) mass is 359 g/mol. The molecular weight excluding hydrogens is 338 g/mol. The summed E-state index contributed by atoms with van der Waals surface area (Å²) in [6.07, 6.45) is 0.920. The quantitative estimate of drug-likeness (QED) is 0.745. The minimum Gasteiger partial charge on any atom is -0.453 e. The number of carbonyl (C=O) groups is 2. The third-order valence-electron chi connectivity index (χ3n) is 3.86. The third kappa shape index (κ3) is 5.91. The number of nitrogens with one attached hydrogen (secondary N) is 1. The van der Waals surface area contributed by atoms with Gasteiger partial charge in [-0.15, -0.1) is 0 Å². The normalized spacial score (nSPS) is 11.6. The van der Waals surface area contributed by atoms with E-state index in [4.69, 9.17) is 16.3 Å². The molecule has 0 bridgehead atoms. The molecular formula is C20H22ClNO3. The van der Waals surface area contributed by atoms with Gasteiger partial charge in [0.15, 0.2) is 6.10 Å². The number of ether oxygens (including phenoxy) is 1. The molecule has 0 saturated heterocycles. The standard InChI is InChI=1S/C20H22ClNO3/c1-3-15-8-10-16(11-9-15)12-13-19(23)25-14(2)20(24)22-18-7-5-4-6-17(18)21/h4-11,14H,3,12-13H2,1-2H3,(H,22,24)/t14-/m0/s1. The Morgan fingerprint density at radius 2 is 1.72 bits per heavy atom. The molecule has 1 atom stereocenters. The Balaban J connectivity index is 1.80. The van der Waals surface area contributed by atoms with E-state index < -0.39 is 18.0 Å². The van der Waals surface area contributed by atoms with E-state index >= 15 is 0 Å². The van der Waals surface area contributed by atoms with E-state index in [1.807, 2.05) is 12.1 Å². The van der Waals surface area contributed by atoms with Crippen LogP contribution in [-0.4, -0.2) is 18.0 Å². The summed E-state index contributed by atoms with van der Waals surface area (Å²) in [5.74, 6) is -0.810. The van der Waals surface area contributed by atoms with Crippen LogP contribution in [0, 0.1) is 0 Å². The molecule has 0 unspecified atom stereocenters. The Morgan fingerprint density at radius 3 is 2.36 bits per heavy atom. The zero-order valence-electron chi connectivity index (χ0n) is 14.4. The predicted molar refractivity (Wildman–Crippen MR) is 99.8 cm³/mol. The number of hydrogen-bond acceptors (Lipinski definition) is 3. The van der Waals surface area contributed by atoms with Crippen molar-refractivity contribution < 1.29 is 14.3 Å². The predicted octanol–water partition coefficient (Wildman–Crippen LogP) is 4.41. The van der Waals surface area contributed by atoms with Crippen molar-refractivity contribution in [1.82, 2.24) is 0 Å². The Morgan fingerprint density at radius 1 is 1.08 bits per heavy atom. The van der Waals surface area contributed by atoms with Crippen molar-refractivity contribution in [2.75, 3.05) is 5.32 Å². The van der Waals surface area contributed by atoms with Crippen molar-refractivity contribution in [2.45, 2.75) is 39.2 Å². The van der Waals surface area contributed by atoms with Gasteiger partial charge in [-0.3, -0.25) is 9.59 Å². The molecule has 4 nitrogen and oxygen atoms in total. The Kier molecular flexibility index (Phi) is 7.02. The molecule has 25 heavy (non-hydrogen) atoms. The van der Waals surface area contributed by atoms with Crippen molar-refractivity contribution in [3.8, 4) is 0 Å². The number of amides is 1. The lowest BCUT2D eigenvalue weighted by Crippen LogP contribution is -2.30. The maximum Gasteiger partial charge on any atom is 0.306 e. The first-order valence-electron chi connectivity index (χ1n) is 8.32. The van der Waals surface area contributed by atoms with Crippen LogP contribution < -0.4 is 5.32 Å². The molecule has 0 aliphatic heterocycles. The van der Waals surface area contributed by atoms with Crippen LogP contribution in [0.25, 0.3) is 0 Å². The minimum absolute atomic E-state index is 0.231. The van der Waals surface area contributed by atoms with Crippen LogP contribution in [0.15, 0.2) is 48.5 Å². The smallest absolute Gasteiger partial charge is 0.306 e. The second-order valence-electron chi connectivity index (χ2n) is 5.77. The molecule has 0 radical (unpaired) electrons. The fourth-order valence-corrected chi connectivity index (χ4v) is 2.48. The van der Waals surface area contributed by atoms with Gasteiger partial charge in [-0.25, -0.2) is 0 Å². The van der Waals surface area contributed by atoms with Gasteiger partial charge in [0.1, 0.15) is 0 Å². The molecule has 0 aliphatic carbocycles. The van der Waals surface area contributed by atoms with Gasteiger partial charge < -0.3 is 10.1 Å². The Hall–Kier alpha value is -2.33. The molecule has 2 aromatic carbocycles. The molecule has 0 fully saturated rings. The SMILES string of the molecule is CCc1ccc(CCC(=O)O[C@@H](C)C(=O)Nc2ccccc2Cl)cc1. The number of hydrogen-bond donors (Lipinski definition) is 1. The van der Waals surface area contributed by atoms with Crippen LogP contribution in [0.4, 0.5) is 5.69 Å². The summed E-state index contributed by atoms with van der Waals surface area (Å²) in [6, 6.07) is 15.0. The number of rotatable bonds is 7. The lowest BCUT2D eigenvalue weighted by Gasteiger charge is -2.14. The van der Waals surface area contributed by atoms with E-state index in [-0.39, 0.29) is 6.42 Å². The lowest BCUT2D eigenvalue weighted by atomic mass is 10.1. The van der Waals surface area contributed by atoms with Gasteiger partial charge in [-0.2, -0.15) is 0 Å². The van der Waals surface area contributed by atoms with E-state index in [2.05, 4.69) is 24.4 Å². The summed E-state index contributed by atoms with van der Waals surface area (Å²) >= 11 is 6.00. The van der Waals surface area contributed by atoms with Crippen LogP contribution in [0.5, 0.6) is 0 Å². The summed E-state index contributed by atoms with van der Waals surface area (Å²) in [5, 5.41) is 3.09. The third-order valence-corrected chi connectivity index (χ3v) is 4.19. The van der Waals surface area contributed by atoms with Gasteiger partial charge in [0.25, 0.3) is 5.91 Å². The number of esters is 1. The second kappa shape index (κ2) is 9.23. The largest absolute Gasteiger partial charge is 0.453 e. The first kappa shape index (κ1) is 19.0. The fraction of sp³-hybridized carbons (Fsp3) is 0.300. The van der Waals surface area contributed by atoms with Crippen molar-refractivity contribution in [3.63, 3.8) is 0 Å². The fourth-order valence-electron chi connectivity index (χ4n) is 2.29. The van der Waals surface area contributed by atoms with Crippen LogP contribution >= 0.6 is 11.6 Å². The van der Waals surface area contributed by atoms with Gasteiger partial charge >= 0.3 is 5.97 Å². The second-order valence-corrected chi connectivity index (χ2v) is 6.18. The molecule has 0 aromatic heterocycles. The summed E-state index contributed by atoms with van der Waals surface area (Å²) in [4.78, 5) is 24.0. The van der Waals surface area contributed by atoms with Crippen LogP contribution in [-0.2, 0) is 27.2 Å². The summed E-state index contributed by atoms with van der Waals surface area (Å²) in [6.45, 7) is 3.64. The molecule has 132 valence electrons. The molecule has 0 saturated carbocycles. The van der Waals surface area contributed by atoms with E-state index in [0.29, 0.717) is 17.1 Å². The van der Waals surface area contributed by atoms with Crippen molar-refractivity contribution in [1.29, 1.82) is 0 Å². The van der Waals surface area contributed by atoms with Gasteiger partial charge in [-0.05, 0) is 43.0 Å². The van der Waals surface area contributed by atoms with Crippen molar-refractivity contribution in [2.24, 2.45) is 0 Å². The molecule has 1 N–H and O–H groups in total. The highest BCUT2D eigenvalue weighted by Gasteiger charge is 2.18. The lowest BCUT2D eigenvalue weighted by molar-refractivity contribution is -0.153. The van der Waals surface area contributed by atoms with E-state index in [0.717, 1.165) is 12.0 Å². The highest BCUT2D eigenvalue weighted by molar-refractivity contribution is 6.33. The summed E-state index contributed by atoms with van der Waals surface area (Å²) in [7, 11) is 0. The van der Waals surface area contributed by atoms with Crippen LogP contribution in [0.3, 0.4) is 0 Å². The van der Waals surface area contributed by atoms with E-state index in [9.17, 15) is 9.59 Å². The molecule has 0 aliphatic rings. The van der Waals surface area contributed by atoms with E-state index in [1.54, 1.807) is 31.2 Å². The number of benzene rings is 2. The van der Waals surface area contributed by atoms with E-state index in [1.165, 1.54) is 5.56 Å². The maximum atomic E-state index is 12.1. The van der Waals surface area contributed by atoms with Gasteiger partial charge in [-0.1, -0.05) is 54.9 Å². The first-order valence-corrected chi connectivity index (χ1v) is 8.70. The molecule has 5 heteroatoms.